The van der Waals surface area contributed by atoms with Gasteiger partial charge in [-0.1, -0.05) is 0 Å². The summed E-state index contributed by atoms with van der Waals surface area (Å²) in [4.78, 5) is 15.5. The van der Waals surface area contributed by atoms with Gasteiger partial charge in [0.15, 0.2) is 0 Å². The molecule has 1 heterocycles. The molecule has 0 atom stereocenters. The zero-order chi connectivity index (χ0) is 11.4. The molecule has 86 valence electrons. The third kappa shape index (κ3) is 3.90. The zero-order valence-electron chi connectivity index (χ0n) is 8.87. The molecule has 1 fully saturated rings. The van der Waals surface area contributed by atoms with Crippen LogP contribution >= 0.6 is 15.9 Å². The molecule has 5 heteroatoms. The lowest BCUT2D eigenvalue weighted by atomic mass is 10.4. The lowest BCUT2D eigenvalue weighted by Crippen LogP contribution is -2.29. The van der Waals surface area contributed by atoms with Gasteiger partial charge in [-0.3, -0.25) is 4.79 Å². The Labute approximate surface area is 103 Å². The Morgan fingerprint density at radius 3 is 2.94 bits per heavy atom. The number of carbonyl (C=O) groups excluding carboxylic acids is 1. The Kier molecular flexibility index (Phi) is 3.90. The van der Waals surface area contributed by atoms with Crippen molar-refractivity contribution in [2.75, 3.05) is 18.4 Å². The highest BCUT2D eigenvalue weighted by molar-refractivity contribution is 9.10. The Hall–Kier alpha value is -0.940. The standard InChI is InChI=1S/C11H14BrN3O/c12-10-4-3-9(6-14-10)15-11(16)7-13-5-8-1-2-8/h3-4,6,8,13H,1-2,5,7H2,(H,15,16). The molecule has 0 radical (unpaired) electrons. The van der Waals surface area contributed by atoms with Crippen LogP contribution in [-0.2, 0) is 4.79 Å². The summed E-state index contributed by atoms with van der Waals surface area (Å²) in [5.41, 5.74) is 0.724. The summed E-state index contributed by atoms with van der Waals surface area (Å²) in [6.45, 7) is 1.32. The maximum atomic E-state index is 11.5. The molecule has 1 aromatic rings. The molecule has 0 aliphatic heterocycles. The van der Waals surface area contributed by atoms with Crippen LogP contribution in [0.1, 0.15) is 12.8 Å². The highest BCUT2D eigenvalue weighted by atomic mass is 79.9. The van der Waals surface area contributed by atoms with Crippen molar-refractivity contribution in [3.05, 3.63) is 22.9 Å². The van der Waals surface area contributed by atoms with E-state index in [2.05, 4.69) is 31.5 Å². The molecule has 1 aromatic heterocycles. The van der Waals surface area contributed by atoms with Crippen LogP contribution in [0.2, 0.25) is 0 Å². The molecule has 0 unspecified atom stereocenters. The Bertz CT molecular complexity index is 362. The summed E-state index contributed by atoms with van der Waals surface area (Å²) >= 11 is 3.24. The lowest BCUT2D eigenvalue weighted by Gasteiger charge is -2.05. The number of pyridine rings is 1. The fourth-order valence-electron chi connectivity index (χ4n) is 1.37. The second-order valence-electron chi connectivity index (χ2n) is 3.99. The number of anilines is 1. The van der Waals surface area contributed by atoms with E-state index in [1.165, 1.54) is 12.8 Å². The molecule has 1 aliphatic carbocycles. The van der Waals surface area contributed by atoms with E-state index in [1.807, 2.05) is 6.07 Å². The molecule has 2 rings (SSSR count). The molecule has 0 saturated heterocycles. The molecule has 1 aliphatic rings. The monoisotopic (exact) mass is 283 g/mol. The third-order valence-corrected chi connectivity index (χ3v) is 2.90. The Balaban J connectivity index is 1.70. The van der Waals surface area contributed by atoms with Crippen molar-refractivity contribution in [1.29, 1.82) is 0 Å². The maximum absolute atomic E-state index is 11.5. The number of rotatable bonds is 5. The first-order valence-electron chi connectivity index (χ1n) is 5.36. The van der Waals surface area contributed by atoms with Crippen molar-refractivity contribution in [2.45, 2.75) is 12.8 Å². The van der Waals surface area contributed by atoms with Gasteiger partial charge in [0.25, 0.3) is 0 Å². The van der Waals surface area contributed by atoms with Crippen molar-refractivity contribution < 1.29 is 4.79 Å². The highest BCUT2D eigenvalue weighted by Gasteiger charge is 2.20. The summed E-state index contributed by atoms with van der Waals surface area (Å²) in [6, 6.07) is 3.61. The van der Waals surface area contributed by atoms with E-state index in [4.69, 9.17) is 0 Å². The summed E-state index contributed by atoms with van der Waals surface area (Å²) in [5.74, 6) is 0.770. The summed E-state index contributed by atoms with van der Waals surface area (Å²) in [7, 11) is 0. The average molecular weight is 284 g/mol. The Morgan fingerprint density at radius 1 is 1.50 bits per heavy atom. The number of amides is 1. The molecule has 1 amide bonds. The van der Waals surface area contributed by atoms with Gasteiger partial charge in [-0.05, 0) is 53.4 Å². The van der Waals surface area contributed by atoms with Crippen molar-refractivity contribution >= 4 is 27.5 Å². The minimum atomic E-state index is -0.0234. The largest absolute Gasteiger partial charge is 0.324 e. The van der Waals surface area contributed by atoms with Crippen LogP contribution in [0.5, 0.6) is 0 Å². The van der Waals surface area contributed by atoms with Gasteiger partial charge in [0.2, 0.25) is 5.91 Å². The zero-order valence-corrected chi connectivity index (χ0v) is 10.5. The van der Waals surface area contributed by atoms with Crippen LogP contribution in [0, 0.1) is 5.92 Å². The van der Waals surface area contributed by atoms with Crippen molar-refractivity contribution in [2.24, 2.45) is 5.92 Å². The van der Waals surface area contributed by atoms with Crippen LogP contribution in [0.3, 0.4) is 0 Å². The van der Waals surface area contributed by atoms with Gasteiger partial charge in [0.1, 0.15) is 4.60 Å². The van der Waals surface area contributed by atoms with Crippen molar-refractivity contribution in [3.8, 4) is 0 Å². The van der Waals surface area contributed by atoms with E-state index in [0.717, 1.165) is 22.8 Å². The van der Waals surface area contributed by atoms with Gasteiger partial charge >= 0.3 is 0 Å². The Morgan fingerprint density at radius 2 is 2.31 bits per heavy atom. The van der Waals surface area contributed by atoms with Gasteiger partial charge in [-0.2, -0.15) is 0 Å². The molecular formula is C11H14BrN3O. The molecule has 0 aromatic carbocycles. The minimum Gasteiger partial charge on any atom is -0.324 e. The highest BCUT2D eigenvalue weighted by Crippen LogP contribution is 2.27. The van der Waals surface area contributed by atoms with Crippen molar-refractivity contribution in [1.82, 2.24) is 10.3 Å². The van der Waals surface area contributed by atoms with Gasteiger partial charge in [0, 0.05) is 0 Å². The van der Waals surface area contributed by atoms with Gasteiger partial charge in [-0.25, -0.2) is 4.98 Å². The number of hydrogen-bond donors (Lipinski definition) is 2. The molecule has 1 saturated carbocycles. The van der Waals surface area contributed by atoms with Crippen LogP contribution < -0.4 is 10.6 Å². The summed E-state index contributed by atoms with van der Waals surface area (Å²) < 4.78 is 0.761. The summed E-state index contributed by atoms with van der Waals surface area (Å²) in [6.07, 6.45) is 4.22. The first-order valence-corrected chi connectivity index (χ1v) is 6.15. The smallest absolute Gasteiger partial charge is 0.238 e. The topological polar surface area (TPSA) is 54.0 Å². The fraction of sp³-hybridized carbons (Fsp3) is 0.455. The van der Waals surface area contributed by atoms with Gasteiger partial charge in [0.05, 0.1) is 18.4 Å². The first-order chi connectivity index (χ1) is 7.74. The van der Waals surface area contributed by atoms with Gasteiger partial charge in [-0.15, -0.1) is 0 Å². The quantitative estimate of drug-likeness (QED) is 0.810. The number of nitrogens with zero attached hydrogens (tertiary/aromatic N) is 1. The van der Waals surface area contributed by atoms with E-state index >= 15 is 0 Å². The minimum absolute atomic E-state index is 0.0234. The molecule has 0 bridgehead atoms. The third-order valence-electron chi connectivity index (χ3n) is 2.43. The second-order valence-corrected chi connectivity index (χ2v) is 4.80. The lowest BCUT2D eigenvalue weighted by molar-refractivity contribution is -0.115. The van der Waals surface area contributed by atoms with Crippen LogP contribution in [0.15, 0.2) is 22.9 Å². The molecule has 2 N–H and O–H groups in total. The van der Waals surface area contributed by atoms with E-state index in [9.17, 15) is 4.79 Å². The number of carbonyl (C=O) groups is 1. The van der Waals surface area contributed by atoms with E-state index in [-0.39, 0.29) is 5.91 Å². The van der Waals surface area contributed by atoms with E-state index in [1.54, 1.807) is 12.3 Å². The SMILES string of the molecule is O=C(CNCC1CC1)Nc1ccc(Br)nc1. The maximum Gasteiger partial charge on any atom is 0.238 e. The van der Waals surface area contributed by atoms with Crippen LogP contribution in [-0.4, -0.2) is 24.0 Å². The number of halogens is 1. The number of hydrogen-bond acceptors (Lipinski definition) is 3. The van der Waals surface area contributed by atoms with Crippen LogP contribution in [0.4, 0.5) is 5.69 Å². The molecule has 0 spiro atoms. The molecule has 16 heavy (non-hydrogen) atoms. The second kappa shape index (κ2) is 5.41. The van der Waals surface area contributed by atoms with E-state index in [0.29, 0.717) is 6.54 Å². The molecular weight excluding hydrogens is 270 g/mol. The molecule has 4 nitrogen and oxygen atoms in total. The van der Waals surface area contributed by atoms with E-state index < -0.39 is 0 Å². The fourth-order valence-corrected chi connectivity index (χ4v) is 1.60. The number of nitrogens with one attached hydrogen (secondary N) is 2. The predicted octanol–water partition coefficient (Wildman–Crippen LogP) is 1.78. The van der Waals surface area contributed by atoms with Crippen molar-refractivity contribution in [3.63, 3.8) is 0 Å². The number of aromatic nitrogens is 1. The van der Waals surface area contributed by atoms with Gasteiger partial charge < -0.3 is 10.6 Å². The normalized spacial score (nSPS) is 14.8. The first kappa shape index (κ1) is 11.5. The average Bonchev–Trinajstić information content (AvgIpc) is 3.05. The predicted molar refractivity (Wildman–Crippen MR) is 66.2 cm³/mol. The van der Waals surface area contributed by atoms with Crippen LogP contribution in [0.25, 0.3) is 0 Å². The summed E-state index contributed by atoms with van der Waals surface area (Å²) in [5, 5.41) is 5.92.